The van der Waals surface area contributed by atoms with Gasteiger partial charge in [0.2, 0.25) is 0 Å². The molecule has 0 saturated heterocycles. The SMILES string of the molecule is CCCC(F)(Cl)C(F)(F)C(F)(F)Cl. The Bertz CT molecular complexity index is 174. The molecule has 0 N–H and O–H groups in total. The summed E-state index contributed by atoms with van der Waals surface area (Å²) in [5.74, 6) is -5.08. The Morgan fingerprint density at radius 2 is 1.38 bits per heavy atom. The number of rotatable bonds is 4. The van der Waals surface area contributed by atoms with Gasteiger partial charge in [-0.3, -0.25) is 0 Å². The minimum Gasteiger partial charge on any atom is -0.219 e. The van der Waals surface area contributed by atoms with Crippen molar-refractivity contribution in [2.24, 2.45) is 0 Å². The van der Waals surface area contributed by atoms with Crippen LogP contribution in [0.4, 0.5) is 22.0 Å². The third kappa shape index (κ3) is 2.59. The van der Waals surface area contributed by atoms with Gasteiger partial charge in [0.25, 0.3) is 5.13 Å². The van der Waals surface area contributed by atoms with Crippen molar-refractivity contribution in [3.63, 3.8) is 0 Å². The lowest BCUT2D eigenvalue weighted by atomic mass is 10.1. The highest BCUT2D eigenvalue weighted by atomic mass is 35.5. The van der Waals surface area contributed by atoms with Gasteiger partial charge in [0.15, 0.2) is 0 Å². The molecule has 0 bridgehead atoms. The van der Waals surface area contributed by atoms with Crippen LogP contribution in [-0.4, -0.2) is 16.4 Å². The Balaban J connectivity index is 4.81. The zero-order valence-electron chi connectivity index (χ0n) is 6.56. The van der Waals surface area contributed by atoms with Gasteiger partial charge in [0.1, 0.15) is 0 Å². The Labute approximate surface area is 82.0 Å². The normalized spacial score (nSPS) is 18.5. The van der Waals surface area contributed by atoms with Crippen molar-refractivity contribution in [1.29, 1.82) is 0 Å². The van der Waals surface area contributed by atoms with Crippen LogP contribution < -0.4 is 0 Å². The predicted molar refractivity (Wildman–Crippen MR) is 40.3 cm³/mol. The van der Waals surface area contributed by atoms with Crippen LogP contribution in [0, 0.1) is 0 Å². The van der Waals surface area contributed by atoms with Crippen molar-refractivity contribution < 1.29 is 22.0 Å². The summed E-state index contributed by atoms with van der Waals surface area (Å²) in [4.78, 5) is 0. The van der Waals surface area contributed by atoms with Gasteiger partial charge < -0.3 is 0 Å². The lowest BCUT2D eigenvalue weighted by Gasteiger charge is -2.30. The Kier molecular flexibility index (Phi) is 3.84. The second-order valence-electron chi connectivity index (χ2n) is 2.53. The predicted octanol–water partition coefficient (Wildman–Crippen LogP) is 4.16. The largest absolute Gasteiger partial charge is 0.388 e. The average molecular weight is 245 g/mol. The van der Waals surface area contributed by atoms with Gasteiger partial charge in [-0.2, -0.15) is 17.6 Å². The molecule has 1 unspecified atom stereocenters. The Morgan fingerprint density at radius 1 is 1.00 bits per heavy atom. The minimum absolute atomic E-state index is 0.0947. The Hall–Kier alpha value is 0.230. The standard InChI is InChI=1S/C6H7Cl2F5/c1-2-3-4(7,9)5(10,11)6(8,12)13/h2-3H2,1H3. The molecule has 0 saturated carbocycles. The van der Waals surface area contributed by atoms with Crippen LogP contribution in [0.3, 0.4) is 0 Å². The topological polar surface area (TPSA) is 0 Å². The van der Waals surface area contributed by atoms with E-state index in [4.69, 9.17) is 0 Å². The van der Waals surface area contributed by atoms with Gasteiger partial charge in [0.05, 0.1) is 0 Å². The highest BCUT2D eigenvalue weighted by Crippen LogP contribution is 2.50. The number of hydrogen-bond donors (Lipinski definition) is 0. The van der Waals surface area contributed by atoms with Gasteiger partial charge in [-0.1, -0.05) is 24.9 Å². The van der Waals surface area contributed by atoms with E-state index in [1.807, 2.05) is 0 Å². The molecular formula is C6H7Cl2F5. The van der Waals surface area contributed by atoms with Gasteiger partial charge in [0, 0.05) is 6.42 Å². The van der Waals surface area contributed by atoms with Crippen LogP contribution in [0.15, 0.2) is 0 Å². The second-order valence-corrected chi connectivity index (χ2v) is 3.60. The first-order valence-corrected chi connectivity index (χ1v) is 4.14. The number of alkyl halides is 7. The fraction of sp³-hybridized carbons (Fsp3) is 1.00. The highest BCUT2D eigenvalue weighted by Gasteiger charge is 2.68. The van der Waals surface area contributed by atoms with Gasteiger partial charge in [-0.05, 0) is 11.6 Å². The summed E-state index contributed by atoms with van der Waals surface area (Å²) >= 11 is 8.67. The van der Waals surface area contributed by atoms with Crippen molar-refractivity contribution in [3.05, 3.63) is 0 Å². The van der Waals surface area contributed by atoms with Crippen LogP contribution in [0.1, 0.15) is 19.8 Å². The molecule has 0 aliphatic heterocycles. The second kappa shape index (κ2) is 3.77. The van der Waals surface area contributed by atoms with Gasteiger partial charge >= 0.3 is 11.3 Å². The number of halogens is 7. The molecule has 0 aromatic carbocycles. The van der Waals surface area contributed by atoms with Crippen LogP contribution in [0.25, 0.3) is 0 Å². The van der Waals surface area contributed by atoms with E-state index >= 15 is 0 Å². The van der Waals surface area contributed by atoms with E-state index in [0.29, 0.717) is 0 Å². The summed E-state index contributed by atoms with van der Waals surface area (Å²) in [5, 5.41) is -8.80. The third-order valence-electron chi connectivity index (χ3n) is 1.38. The smallest absolute Gasteiger partial charge is 0.219 e. The summed E-state index contributed by atoms with van der Waals surface area (Å²) in [6.07, 6.45) is -0.994. The molecule has 0 nitrogen and oxygen atoms in total. The third-order valence-corrected chi connectivity index (χ3v) is 2.04. The molecule has 0 aliphatic carbocycles. The molecule has 0 radical (unpaired) electrons. The van der Waals surface area contributed by atoms with E-state index in [1.54, 1.807) is 0 Å². The van der Waals surface area contributed by atoms with E-state index in [2.05, 4.69) is 23.2 Å². The van der Waals surface area contributed by atoms with Crippen molar-refractivity contribution in [2.75, 3.05) is 0 Å². The van der Waals surface area contributed by atoms with Crippen molar-refractivity contribution in [3.8, 4) is 0 Å². The molecule has 0 aliphatic rings. The fourth-order valence-electron chi connectivity index (χ4n) is 0.678. The van der Waals surface area contributed by atoms with Crippen molar-refractivity contribution >= 4 is 23.2 Å². The molecule has 0 fully saturated rings. The summed E-state index contributed by atoms with van der Waals surface area (Å²) in [7, 11) is 0. The zero-order valence-corrected chi connectivity index (χ0v) is 8.07. The van der Waals surface area contributed by atoms with E-state index in [9.17, 15) is 22.0 Å². The van der Waals surface area contributed by atoms with Crippen LogP contribution in [-0.2, 0) is 0 Å². The molecule has 80 valence electrons. The summed E-state index contributed by atoms with van der Waals surface area (Å²) < 4.78 is 61.8. The molecule has 7 heteroatoms. The summed E-state index contributed by atoms with van der Waals surface area (Å²) in [6.45, 7) is 1.33. The number of hydrogen-bond acceptors (Lipinski definition) is 0. The van der Waals surface area contributed by atoms with E-state index in [-0.39, 0.29) is 6.42 Å². The molecule has 1 atom stereocenters. The molecule has 0 aromatic rings. The maximum atomic E-state index is 12.8. The van der Waals surface area contributed by atoms with E-state index in [0.717, 1.165) is 0 Å². The molecule has 0 heterocycles. The minimum atomic E-state index is -5.08. The van der Waals surface area contributed by atoms with Crippen LogP contribution in [0.2, 0.25) is 0 Å². The summed E-state index contributed by atoms with van der Waals surface area (Å²) in [5.41, 5.74) is 0. The maximum absolute atomic E-state index is 12.8. The molecule has 0 rings (SSSR count). The van der Waals surface area contributed by atoms with Crippen LogP contribution >= 0.6 is 23.2 Å². The first-order valence-electron chi connectivity index (χ1n) is 3.38. The first-order chi connectivity index (χ1) is 5.56. The zero-order chi connectivity index (χ0) is 10.9. The van der Waals surface area contributed by atoms with Gasteiger partial charge in [-0.25, -0.2) is 4.39 Å². The quantitative estimate of drug-likeness (QED) is 0.515. The van der Waals surface area contributed by atoms with Crippen molar-refractivity contribution in [2.45, 2.75) is 36.2 Å². The highest BCUT2D eigenvalue weighted by molar-refractivity contribution is 6.26. The molecule has 0 amide bonds. The maximum Gasteiger partial charge on any atom is 0.388 e. The van der Waals surface area contributed by atoms with E-state index < -0.39 is 22.9 Å². The lowest BCUT2D eigenvalue weighted by Crippen LogP contribution is -2.50. The fourth-order valence-corrected chi connectivity index (χ4v) is 1.18. The monoisotopic (exact) mass is 244 g/mol. The Morgan fingerprint density at radius 3 is 1.62 bits per heavy atom. The lowest BCUT2D eigenvalue weighted by molar-refractivity contribution is -0.210. The van der Waals surface area contributed by atoms with Crippen LogP contribution in [0.5, 0.6) is 0 Å². The van der Waals surface area contributed by atoms with Crippen molar-refractivity contribution in [1.82, 2.24) is 0 Å². The van der Waals surface area contributed by atoms with Gasteiger partial charge in [-0.15, -0.1) is 0 Å². The molecule has 13 heavy (non-hydrogen) atoms. The summed E-state index contributed by atoms with van der Waals surface area (Å²) in [6, 6.07) is 0. The van der Waals surface area contributed by atoms with E-state index in [1.165, 1.54) is 6.92 Å². The molecule has 0 spiro atoms. The molecular weight excluding hydrogens is 238 g/mol. The average Bonchev–Trinajstić information content (AvgIpc) is 1.84. The molecule has 0 aromatic heterocycles. The first kappa shape index (κ1) is 13.2.